The molecule has 1 aromatic heterocycles. The van der Waals surface area contributed by atoms with Crippen LogP contribution >= 0.6 is 11.8 Å². The van der Waals surface area contributed by atoms with Crippen molar-refractivity contribution in [2.24, 2.45) is 0 Å². The molecule has 112 valence electrons. The van der Waals surface area contributed by atoms with Gasteiger partial charge in [-0.2, -0.15) is 0 Å². The van der Waals surface area contributed by atoms with E-state index in [-0.39, 0.29) is 11.4 Å². The molecule has 0 saturated heterocycles. The Morgan fingerprint density at radius 2 is 2.05 bits per heavy atom. The fourth-order valence-electron chi connectivity index (χ4n) is 1.41. The van der Waals surface area contributed by atoms with Gasteiger partial charge in [-0.1, -0.05) is 0 Å². The number of benzene rings is 1. The summed E-state index contributed by atoms with van der Waals surface area (Å²) in [5.41, 5.74) is 0. The molecule has 2 N–H and O–H groups in total. The molecule has 1 heterocycles. The summed E-state index contributed by atoms with van der Waals surface area (Å²) in [6.45, 7) is -0.346. The number of carbonyl (C=O) groups is 1. The first-order valence-electron chi connectivity index (χ1n) is 5.62. The van der Waals surface area contributed by atoms with Crippen LogP contribution in [-0.4, -0.2) is 46.7 Å². The molecular formula is C10H11N5O4S2. The molecule has 11 heteroatoms. The Hall–Kier alpha value is -1.98. The van der Waals surface area contributed by atoms with E-state index in [1.54, 1.807) is 12.1 Å². The van der Waals surface area contributed by atoms with Crippen LogP contribution < -0.4 is 4.72 Å². The highest BCUT2D eigenvalue weighted by Crippen LogP contribution is 2.26. The first-order chi connectivity index (χ1) is 9.92. The van der Waals surface area contributed by atoms with Crippen molar-refractivity contribution in [3.05, 3.63) is 24.3 Å². The van der Waals surface area contributed by atoms with E-state index in [2.05, 4.69) is 20.2 Å². The lowest BCUT2D eigenvalue weighted by atomic mass is 10.4. The van der Waals surface area contributed by atoms with E-state index in [9.17, 15) is 13.2 Å². The van der Waals surface area contributed by atoms with Crippen LogP contribution in [0.4, 0.5) is 0 Å². The molecule has 21 heavy (non-hydrogen) atoms. The summed E-state index contributed by atoms with van der Waals surface area (Å²) in [7, 11) is -2.15. The standard InChI is InChI=1S/C10H11N5O4S2/c1-11-21(18,19)8-4-2-7(3-5-8)20-10-12-13-14-15(10)6-9(16)17/h2-5,11H,6H2,1H3,(H,16,17). The smallest absolute Gasteiger partial charge is 0.325 e. The van der Waals surface area contributed by atoms with Gasteiger partial charge in [-0.15, -0.1) is 5.10 Å². The highest BCUT2D eigenvalue weighted by Gasteiger charge is 2.13. The monoisotopic (exact) mass is 329 g/mol. The van der Waals surface area contributed by atoms with E-state index in [1.165, 1.54) is 19.2 Å². The van der Waals surface area contributed by atoms with E-state index in [1.807, 2.05) is 0 Å². The van der Waals surface area contributed by atoms with Crippen molar-refractivity contribution in [3.63, 3.8) is 0 Å². The number of carboxylic acid groups (broad SMARTS) is 1. The number of nitrogens with one attached hydrogen (secondary N) is 1. The Kier molecular flexibility index (Phi) is 4.55. The first kappa shape index (κ1) is 15.4. The van der Waals surface area contributed by atoms with Gasteiger partial charge in [-0.3, -0.25) is 4.79 Å². The molecule has 0 unspecified atom stereocenters. The van der Waals surface area contributed by atoms with Gasteiger partial charge in [-0.25, -0.2) is 17.8 Å². The van der Waals surface area contributed by atoms with Gasteiger partial charge in [0.15, 0.2) is 0 Å². The number of hydrogen-bond donors (Lipinski definition) is 2. The summed E-state index contributed by atoms with van der Waals surface area (Å²) in [6, 6.07) is 6.07. The molecule has 0 atom stereocenters. The fourth-order valence-corrected chi connectivity index (χ4v) is 2.90. The summed E-state index contributed by atoms with van der Waals surface area (Å²) in [6.07, 6.45) is 0. The van der Waals surface area contributed by atoms with Crippen molar-refractivity contribution in [2.75, 3.05) is 7.05 Å². The fraction of sp³-hybridized carbons (Fsp3) is 0.200. The van der Waals surface area contributed by atoms with Gasteiger partial charge in [0, 0.05) is 4.90 Å². The van der Waals surface area contributed by atoms with Crippen molar-refractivity contribution >= 4 is 27.8 Å². The molecule has 9 nitrogen and oxygen atoms in total. The van der Waals surface area contributed by atoms with Gasteiger partial charge in [-0.05, 0) is 53.5 Å². The second-order valence-corrected chi connectivity index (χ2v) is 6.72. The van der Waals surface area contributed by atoms with E-state index in [4.69, 9.17) is 5.11 Å². The van der Waals surface area contributed by atoms with Crippen LogP contribution in [0, 0.1) is 0 Å². The normalized spacial score (nSPS) is 11.5. The second-order valence-electron chi connectivity index (χ2n) is 3.79. The molecule has 0 radical (unpaired) electrons. The molecule has 2 aromatic rings. The first-order valence-corrected chi connectivity index (χ1v) is 7.92. The quantitative estimate of drug-likeness (QED) is 0.747. The molecule has 0 saturated carbocycles. The molecule has 0 spiro atoms. The zero-order valence-corrected chi connectivity index (χ0v) is 12.4. The molecular weight excluding hydrogens is 318 g/mol. The van der Waals surface area contributed by atoms with Crippen LogP contribution in [0.2, 0.25) is 0 Å². The van der Waals surface area contributed by atoms with Crippen LogP contribution in [0.1, 0.15) is 0 Å². The Balaban J connectivity index is 2.18. The summed E-state index contributed by atoms with van der Waals surface area (Å²) in [5.74, 6) is -1.06. The molecule has 0 aliphatic carbocycles. The van der Waals surface area contributed by atoms with Gasteiger partial charge >= 0.3 is 5.97 Å². The minimum Gasteiger partial charge on any atom is -0.480 e. The SMILES string of the molecule is CNS(=O)(=O)c1ccc(Sc2nnnn2CC(=O)O)cc1. The van der Waals surface area contributed by atoms with Crippen molar-refractivity contribution in [1.82, 2.24) is 24.9 Å². The number of rotatable bonds is 6. The van der Waals surface area contributed by atoms with E-state index in [0.29, 0.717) is 10.1 Å². The molecule has 0 amide bonds. The summed E-state index contributed by atoms with van der Waals surface area (Å²) in [4.78, 5) is 11.5. The Morgan fingerprint density at radius 3 is 2.62 bits per heavy atom. The van der Waals surface area contributed by atoms with Crippen molar-refractivity contribution in [2.45, 2.75) is 21.5 Å². The largest absolute Gasteiger partial charge is 0.480 e. The Bertz CT molecular complexity index is 741. The summed E-state index contributed by atoms with van der Waals surface area (Å²) >= 11 is 1.14. The van der Waals surface area contributed by atoms with Crippen LogP contribution in [0.15, 0.2) is 39.2 Å². The van der Waals surface area contributed by atoms with Gasteiger partial charge in [0.2, 0.25) is 15.2 Å². The van der Waals surface area contributed by atoms with Crippen molar-refractivity contribution in [1.29, 1.82) is 0 Å². The molecule has 0 bridgehead atoms. The number of nitrogens with zero attached hydrogens (tertiary/aromatic N) is 4. The molecule has 1 aromatic carbocycles. The number of aromatic nitrogens is 4. The molecule has 0 fully saturated rings. The lowest BCUT2D eigenvalue weighted by molar-refractivity contribution is -0.138. The number of aliphatic carboxylic acids is 1. The second kappa shape index (κ2) is 6.20. The third kappa shape index (κ3) is 3.77. The zero-order chi connectivity index (χ0) is 15.5. The van der Waals surface area contributed by atoms with E-state index in [0.717, 1.165) is 16.4 Å². The van der Waals surface area contributed by atoms with E-state index < -0.39 is 16.0 Å². The van der Waals surface area contributed by atoms with Crippen LogP contribution in [0.3, 0.4) is 0 Å². The highest BCUT2D eigenvalue weighted by molar-refractivity contribution is 7.99. The average Bonchev–Trinajstić information content (AvgIpc) is 2.86. The molecule has 2 rings (SSSR count). The number of sulfonamides is 1. The minimum absolute atomic E-state index is 0.138. The lowest BCUT2D eigenvalue weighted by Crippen LogP contribution is -2.18. The average molecular weight is 329 g/mol. The maximum absolute atomic E-state index is 11.6. The van der Waals surface area contributed by atoms with Crippen molar-refractivity contribution in [3.8, 4) is 0 Å². The maximum Gasteiger partial charge on any atom is 0.325 e. The lowest BCUT2D eigenvalue weighted by Gasteiger charge is -2.04. The third-order valence-electron chi connectivity index (χ3n) is 2.40. The zero-order valence-electron chi connectivity index (χ0n) is 10.8. The van der Waals surface area contributed by atoms with Crippen LogP contribution in [0.25, 0.3) is 0 Å². The minimum atomic E-state index is -3.48. The van der Waals surface area contributed by atoms with Gasteiger partial charge in [0.05, 0.1) is 4.90 Å². The molecule has 0 aliphatic rings. The number of carboxylic acids is 1. The Morgan fingerprint density at radius 1 is 1.38 bits per heavy atom. The highest BCUT2D eigenvalue weighted by atomic mass is 32.2. The molecule has 0 aliphatic heterocycles. The Labute approximate surface area is 124 Å². The van der Waals surface area contributed by atoms with Crippen LogP contribution in [-0.2, 0) is 21.4 Å². The number of tetrazole rings is 1. The summed E-state index contributed by atoms with van der Waals surface area (Å²) in [5, 5.41) is 19.7. The van der Waals surface area contributed by atoms with Gasteiger partial charge in [0.1, 0.15) is 6.54 Å². The van der Waals surface area contributed by atoms with Crippen molar-refractivity contribution < 1.29 is 18.3 Å². The van der Waals surface area contributed by atoms with Gasteiger partial charge in [0.25, 0.3) is 0 Å². The third-order valence-corrected chi connectivity index (χ3v) is 4.81. The maximum atomic E-state index is 11.6. The predicted octanol–water partition coefficient (Wildman–Crippen LogP) is -0.183. The predicted molar refractivity (Wildman–Crippen MR) is 72.3 cm³/mol. The topological polar surface area (TPSA) is 127 Å². The summed E-state index contributed by atoms with van der Waals surface area (Å²) < 4.78 is 26.5. The van der Waals surface area contributed by atoms with Crippen LogP contribution in [0.5, 0.6) is 0 Å². The van der Waals surface area contributed by atoms with E-state index >= 15 is 0 Å². The van der Waals surface area contributed by atoms with Gasteiger partial charge < -0.3 is 5.11 Å². The number of hydrogen-bond acceptors (Lipinski definition) is 7.